The Morgan fingerprint density at radius 2 is 2.24 bits per heavy atom. The fourth-order valence-corrected chi connectivity index (χ4v) is 1.21. The van der Waals surface area contributed by atoms with Gasteiger partial charge in [-0.15, -0.1) is 0 Å². The highest BCUT2D eigenvalue weighted by atomic mass is 16.5. The number of nitrogens with one attached hydrogen (secondary N) is 2. The lowest BCUT2D eigenvalue weighted by Crippen LogP contribution is -2.41. The predicted octanol–water partition coefficient (Wildman–Crippen LogP) is 0.130. The molecule has 0 aliphatic rings. The van der Waals surface area contributed by atoms with Crippen molar-refractivity contribution in [2.24, 2.45) is 7.05 Å². The third-order valence-electron chi connectivity index (χ3n) is 1.98. The number of carbonyl (C=O) groups is 2. The average molecular weight is 240 g/mol. The second-order valence-electron chi connectivity index (χ2n) is 3.42. The molecule has 1 aromatic heterocycles. The van der Waals surface area contributed by atoms with Crippen LogP contribution in [0.3, 0.4) is 0 Å². The van der Waals surface area contributed by atoms with E-state index in [4.69, 9.17) is 0 Å². The van der Waals surface area contributed by atoms with Crippen LogP contribution in [0.2, 0.25) is 0 Å². The summed E-state index contributed by atoms with van der Waals surface area (Å²) in [5.74, 6) is -0.276. The topological polar surface area (TPSA) is 85.2 Å². The van der Waals surface area contributed by atoms with Crippen molar-refractivity contribution in [3.63, 3.8) is 0 Å². The maximum Gasteiger partial charge on any atom is 0.426 e. The van der Waals surface area contributed by atoms with Gasteiger partial charge in [-0.1, -0.05) is 0 Å². The smallest absolute Gasteiger partial charge is 0.426 e. The molecule has 1 aromatic rings. The second-order valence-corrected chi connectivity index (χ2v) is 3.42. The molecule has 0 bridgehead atoms. The van der Waals surface area contributed by atoms with Gasteiger partial charge in [0.1, 0.15) is 0 Å². The van der Waals surface area contributed by atoms with Gasteiger partial charge in [-0.3, -0.25) is 14.9 Å². The van der Waals surface area contributed by atoms with E-state index in [0.717, 1.165) is 5.56 Å². The van der Waals surface area contributed by atoms with E-state index in [1.165, 1.54) is 0 Å². The number of hydrogen-bond donors (Lipinski definition) is 2. The molecule has 2 N–H and O–H groups in total. The molecule has 0 unspecified atom stereocenters. The van der Waals surface area contributed by atoms with Gasteiger partial charge < -0.3 is 4.74 Å². The zero-order valence-electron chi connectivity index (χ0n) is 9.90. The quantitative estimate of drug-likeness (QED) is 0.732. The average Bonchev–Trinajstić information content (AvgIpc) is 2.70. The maximum atomic E-state index is 11.3. The number of ether oxygens (including phenoxy) is 1. The van der Waals surface area contributed by atoms with Crippen molar-refractivity contribution in [1.29, 1.82) is 0 Å². The van der Waals surface area contributed by atoms with Crippen molar-refractivity contribution >= 4 is 12.0 Å². The number of hydrazine groups is 1. The molecule has 7 heteroatoms. The fraction of sp³-hybridized carbons (Fsp3) is 0.500. The van der Waals surface area contributed by atoms with Crippen LogP contribution >= 0.6 is 0 Å². The molecule has 0 saturated carbocycles. The number of amides is 2. The minimum absolute atomic E-state index is 0.261. The van der Waals surface area contributed by atoms with Crippen LogP contribution in [0.4, 0.5) is 4.79 Å². The fourth-order valence-electron chi connectivity index (χ4n) is 1.21. The van der Waals surface area contributed by atoms with Crippen molar-refractivity contribution in [2.75, 3.05) is 6.61 Å². The summed E-state index contributed by atoms with van der Waals surface area (Å²) in [4.78, 5) is 22.2. The summed E-state index contributed by atoms with van der Waals surface area (Å²) in [5.41, 5.74) is 5.37. The number of rotatable bonds is 4. The highest BCUT2D eigenvalue weighted by Gasteiger charge is 2.05. The molecular formula is C10H16N4O3. The van der Waals surface area contributed by atoms with E-state index >= 15 is 0 Å². The highest BCUT2D eigenvalue weighted by Crippen LogP contribution is 2.00. The van der Waals surface area contributed by atoms with E-state index in [9.17, 15) is 9.59 Å². The Hall–Kier alpha value is -2.05. The molecule has 94 valence electrons. The Kier molecular flexibility index (Phi) is 4.99. The standard InChI is InChI=1S/C10H16N4O3/c1-3-17-10(16)13-12-9(15)5-4-8-6-11-14(2)7-8/h6-7H,3-5H2,1-2H3,(H,12,15)(H,13,16). The third-order valence-corrected chi connectivity index (χ3v) is 1.98. The zero-order valence-corrected chi connectivity index (χ0v) is 9.90. The number of hydrogen-bond acceptors (Lipinski definition) is 4. The van der Waals surface area contributed by atoms with E-state index in [0.29, 0.717) is 6.42 Å². The van der Waals surface area contributed by atoms with Crippen LogP contribution < -0.4 is 10.9 Å². The van der Waals surface area contributed by atoms with Gasteiger partial charge in [-0.2, -0.15) is 5.10 Å². The Morgan fingerprint density at radius 1 is 1.47 bits per heavy atom. The minimum Gasteiger partial charge on any atom is -0.449 e. The second kappa shape index (κ2) is 6.51. The molecule has 2 amide bonds. The highest BCUT2D eigenvalue weighted by molar-refractivity contribution is 5.79. The molecule has 1 rings (SSSR count). The van der Waals surface area contributed by atoms with Crippen molar-refractivity contribution in [2.45, 2.75) is 19.8 Å². The van der Waals surface area contributed by atoms with E-state index < -0.39 is 6.09 Å². The zero-order chi connectivity index (χ0) is 12.7. The first-order valence-corrected chi connectivity index (χ1v) is 5.31. The molecule has 1 heterocycles. The van der Waals surface area contributed by atoms with Crippen molar-refractivity contribution in [3.8, 4) is 0 Å². The SMILES string of the molecule is CCOC(=O)NNC(=O)CCc1cnn(C)c1. The van der Waals surface area contributed by atoms with Crippen LogP contribution in [0.5, 0.6) is 0 Å². The Morgan fingerprint density at radius 3 is 2.82 bits per heavy atom. The number of aryl methyl sites for hydroxylation is 2. The van der Waals surface area contributed by atoms with Crippen LogP contribution in [0.15, 0.2) is 12.4 Å². The molecule has 0 aliphatic carbocycles. The van der Waals surface area contributed by atoms with Gasteiger partial charge >= 0.3 is 6.09 Å². The molecule has 0 spiro atoms. The van der Waals surface area contributed by atoms with Gasteiger partial charge in [0.25, 0.3) is 0 Å². The summed E-state index contributed by atoms with van der Waals surface area (Å²) < 4.78 is 6.25. The summed E-state index contributed by atoms with van der Waals surface area (Å²) in [6.07, 6.45) is 3.72. The van der Waals surface area contributed by atoms with Gasteiger partial charge in [-0.25, -0.2) is 10.2 Å². The Labute approximate surface area is 99.1 Å². The molecule has 0 fully saturated rings. The lowest BCUT2D eigenvalue weighted by Gasteiger charge is -2.06. The molecule has 0 radical (unpaired) electrons. The lowest BCUT2D eigenvalue weighted by atomic mass is 10.2. The molecule has 0 saturated heterocycles. The van der Waals surface area contributed by atoms with Gasteiger partial charge in [-0.05, 0) is 18.9 Å². The predicted molar refractivity (Wildman–Crippen MR) is 59.8 cm³/mol. The summed E-state index contributed by atoms with van der Waals surface area (Å²) in [5, 5.41) is 3.99. The summed E-state index contributed by atoms with van der Waals surface area (Å²) >= 11 is 0. The number of aromatic nitrogens is 2. The first kappa shape index (κ1) is 13.0. The van der Waals surface area contributed by atoms with Crippen LogP contribution in [0, 0.1) is 0 Å². The molecule has 17 heavy (non-hydrogen) atoms. The summed E-state index contributed by atoms with van der Waals surface area (Å²) in [6.45, 7) is 1.95. The van der Waals surface area contributed by atoms with Gasteiger partial charge in [0, 0.05) is 19.7 Å². The lowest BCUT2D eigenvalue weighted by molar-refractivity contribution is -0.121. The van der Waals surface area contributed by atoms with Crippen molar-refractivity contribution in [3.05, 3.63) is 18.0 Å². The van der Waals surface area contributed by atoms with Crippen LogP contribution in [0.1, 0.15) is 18.9 Å². The maximum absolute atomic E-state index is 11.3. The molecule has 0 aliphatic heterocycles. The van der Waals surface area contributed by atoms with Gasteiger partial charge in [0.15, 0.2) is 0 Å². The van der Waals surface area contributed by atoms with Gasteiger partial charge in [0.05, 0.1) is 12.8 Å². The molecular weight excluding hydrogens is 224 g/mol. The Balaban J connectivity index is 2.19. The van der Waals surface area contributed by atoms with Crippen molar-refractivity contribution in [1.82, 2.24) is 20.6 Å². The van der Waals surface area contributed by atoms with E-state index in [-0.39, 0.29) is 18.9 Å². The normalized spacial score (nSPS) is 9.76. The third kappa shape index (κ3) is 5.01. The monoisotopic (exact) mass is 240 g/mol. The number of carbonyl (C=O) groups excluding carboxylic acids is 2. The number of nitrogens with zero attached hydrogens (tertiary/aromatic N) is 2. The first-order chi connectivity index (χ1) is 8.11. The van der Waals surface area contributed by atoms with Crippen LogP contribution in [0.25, 0.3) is 0 Å². The first-order valence-electron chi connectivity index (χ1n) is 5.31. The van der Waals surface area contributed by atoms with Crippen LogP contribution in [-0.4, -0.2) is 28.4 Å². The molecule has 0 aromatic carbocycles. The van der Waals surface area contributed by atoms with Crippen molar-refractivity contribution < 1.29 is 14.3 Å². The van der Waals surface area contributed by atoms with Gasteiger partial charge in [0.2, 0.25) is 5.91 Å². The van der Waals surface area contributed by atoms with E-state index in [1.807, 2.05) is 13.2 Å². The minimum atomic E-state index is -0.665. The van der Waals surface area contributed by atoms with Crippen LogP contribution in [-0.2, 0) is 23.0 Å². The summed E-state index contributed by atoms with van der Waals surface area (Å²) in [7, 11) is 1.81. The largest absolute Gasteiger partial charge is 0.449 e. The Bertz CT molecular complexity index is 389. The molecule has 7 nitrogen and oxygen atoms in total. The van der Waals surface area contributed by atoms with E-state index in [2.05, 4.69) is 20.7 Å². The van der Waals surface area contributed by atoms with E-state index in [1.54, 1.807) is 17.8 Å². The molecule has 0 atom stereocenters. The summed E-state index contributed by atoms with van der Waals surface area (Å²) in [6, 6.07) is 0.